The van der Waals surface area contributed by atoms with Crippen molar-refractivity contribution in [1.82, 2.24) is 4.57 Å². The van der Waals surface area contributed by atoms with Crippen LogP contribution >= 0.6 is 11.3 Å². The van der Waals surface area contributed by atoms with Gasteiger partial charge < -0.3 is 18.9 Å². The van der Waals surface area contributed by atoms with Gasteiger partial charge in [0.1, 0.15) is 11.8 Å². The van der Waals surface area contributed by atoms with Crippen molar-refractivity contribution in [3.05, 3.63) is 96.7 Å². The molecule has 0 N–H and O–H groups in total. The molecule has 1 unspecified atom stereocenters. The molecule has 0 fully saturated rings. The van der Waals surface area contributed by atoms with Crippen molar-refractivity contribution in [3.63, 3.8) is 0 Å². The van der Waals surface area contributed by atoms with Crippen LogP contribution in [0.2, 0.25) is 0 Å². The molecule has 0 bridgehead atoms. The lowest BCUT2D eigenvalue weighted by Crippen LogP contribution is -2.40. The van der Waals surface area contributed by atoms with Gasteiger partial charge in [0.05, 0.1) is 43.7 Å². The van der Waals surface area contributed by atoms with Crippen molar-refractivity contribution in [2.45, 2.75) is 19.9 Å². The zero-order valence-electron chi connectivity index (χ0n) is 22.3. The maximum Gasteiger partial charge on any atom is 0.338 e. The van der Waals surface area contributed by atoms with E-state index in [-0.39, 0.29) is 12.2 Å². The lowest BCUT2D eigenvalue weighted by Gasteiger charge is -2.27. The van der Waals surface area contributed by atoms with Crippen molar-refractivity contribution >= 4 is 34.2 Å². The normalized spacial score (nSPS) is 15.1. The standard InChI is InChI=1S/C30H28N2O6S/c1-6-38-29(34)24-17(2)31-30-32(26(24)25-20-12-8-7-10-18(20)14-15-21(25)35-3)28(33)23(39-30)16-19-11-9-13-22(36-4)27(19)37-5/h7-16,26H,6H2,1-5H3. The average molecular weight is 545 g/mol. The number of aromatic nitrogens is 1. The summed E-state index contributed by atoms with van der Waals surface area (Å²) in [5.41, 5.74) is 1.87. The maximum atomic E-state index is 14.1. The molecule has 200 valence electrons. The zero-order chi connectivity index (χ0) is 27.7. The summed E-state index contributed by atoms with van der Waals surface area (Å²) >= 11 is 1.24. The fourth-order valence-corrected chi connectivity index (χ4v) is 6.00. The summed E-state index contributed by atoms with van der Waals surface area (Å²) in [6.07, 6.45) is 1.76. The molecule has 1 atom stereocenters. The van der Waals surface area contributed by atoms with Crippen molar-refractivity contribution in [2.75, 3.05) is 27.9 Å². The number of methoxy groups -OCH3 is 3. The summed E-state index contributed by atoms with van der Waals surface area (Å²) in [6.45, 7) is 3.70. The monoisotopic (exact) mass is 544 g/mol. The van der Waals surface area contributed by atoms with Crippen LogP contribution in [-0.4, -0.2) is 38.5 Å². The number of hydrogen-bond acceptors (Lipinski definition) is 8. The molecule has 0 radical (unpaired) electrons. The summed E-state index contributed by atoms with van der Waals surface area (Å²) < 4.78 is 24.2. The molecule has 0 amide bonds. The SMILES string of the molecule is CCOC(=O)C1=C(C)N=c2sc(=Cc3cccc(OC)c3OC)c(=O)n2C1c1c(OC)ccc2ccccc12. The Kier molecular flexibility index (Phi) is 7.26. The number of fused-ring (bicyclic) bond motifs is 2. The number of ether oxygens (including phenoxy) is 4. The highest BCUT2D eigenvalue weighted by molar-refractivity contribution is 7.07. The van der Waals surface area contributed by atoms with E-state index in [0.717, 1.165) is 10.8 Å². The van der Waals surface area contributed by atoms with Crippen molar-refractivity contribution in [1.29, 1.82) is 0 Å². The van der Waals surface area contributed by atoms with E-state index >= 15 is 0 Å². The fraction of sp³-hybridized carbons (Fsp3) is 0.233. The number of para-hydroxylation sites is 1. The van der Waals surface area contributed by atoms with Crippen LogP contribution < -0.4 is 29.1 Å². The van der Waals surface area contributed by atoms with Crippen LogP contribution in [0.25, 0.3) is 16.8 Å². The third kappa shape index (κ3) is 4.48. The molecule has 0 spiro atoms. The summed E-state index contributed by atoms with van der Waals surface area (Å²) in [5.74, 6) is 1.10. The van der Waals surface area contributed by atoms with Crippen LogP contribution in [0.5, 0.6) is 17.2 Å². The number of nitrogens with zero attached hydrogens (tertiary/aromatic N) is 2. The lowest BCUT2D eigenvalue weighted by atomic mass is 9.90. The Morgan fingerprint density at radius 1 is 1.00 bits per heavy atom. The van der Waals surface area contributed by atoms with Gasteiger partial charge in [-0.1, -0.05) is 53.8 Å². The second kappa shape index (κ2) is 10.8. The number of carbonyl (C=O) groups excluding carboxylic acids is 1. The number of allylic oxidation sites excluding steroid dienone is 1. The van der Waals surface area contributed by atoms with Gasteiger partial charge >= 0.3 is 5.97 Å². The van der Waals surface area contributed by atoms with E-state index < -0.39 is 12.0 Å². The largest absolute Gasteiger partial charge is 0.496 e. The van der Waals surface area contributed by atoms with Gasteiger partial charge in [-0.05, 0) is 42.8 Å². The molecule has 4 aromatic rings. The van der Waals surface area contributed by atoms with E-state index in [2.05, 4.69) is 4.99 Å². The molecule has 3 aromatic carbocycles. The molecular formula is C30H28N2O6S. The molecule has 0 saturated heterocycles. The van der Waals surface area contributed by atoms with Crippen LogP contribution in [0.1, 0.15) is 31.0 Å². The van der Waals surface area contributed by atoms with E-state index in [9.17, 15) is 9.59 Å². The first-order chi connectivity index (χ1) is 18.9. The van der Waals surface area contributed by atoms with Crippen molar-refractivity contribution in [2.24, 2.45) is 4.99 Å². The third-order valence-electron chi connectivity index (χ3n) is 6.66. The zero-order valence-corrected chi connectivity index (χ0v) is 23.1. The van der Waals surface area contributed by atoms with Crippen molar-refractivity contribution in [3.8, 4) is 17.2 Å². The van der Waals surface area contributed by atoms with E-state index in [1.165, 1.54) is 11.3 Å². The Labute approximate surface area is 229 Å². The fourth-order valence-electron chi connectivity index (χ4n) is 4.97. The molecule has 8 nitrogen and oxygen atoms in total. The summed E-state index contributed by atoms with van der Waals surface area (Å²) in [5, 5.41) is 1.82. The predicted molar refractivity (Wildman–Crippen MR) is 150 cm³/mol. The molecule has 1 aromatic heterocycles. The maximum absolute atomic E-state index is 14.1. The van der Waals surface area contributed by atoms with Gasteiger partial charge in [-0.2, -0.15) is 0 Å². The van der Waals surface area contributed by atoms with Crippen LogP contribution in [0.4, 0.5) is 0 Å². The molecule has 5 rings (SSSR count). The molecule has 39 heavy (non-hydrogen) atoms. The molecule has 0 saturated carbocycles. The Bertz CT molecular complexity index is 1800. The Balaban J connectivity index is 1.85. The van der Waals surface area contributed by atoms with Crippen LogP contribution in [-0.2, 0) is 9.53 Å². The van der Waals surface area contributed by atoms with E-state index in [0.29, 0.717) is 49.0 Å². The summed E-state index contributed by atoms with van der Waals surface area (Å²) in [7, 11) is 4.69. The van der Waals surface area contributed by atoms with E-state index in [4.69, 9.17) is 18.9 Å². The first-order valence-corrected chi connectivity index (χ1v) is 13.2. The number of esters is 1. The number of thiazole rings is 1. The number of carbonyl (C=O) groups is 1. The first kappa shape index (κ1) is 26.2. The highest BCUT2D eigenvalue weighted by Crippen LogP contribution is 2.40. The molecule has 9 heteroatoms. The summed E-state index contributed by atoms with van der Waals surface area (Å²) in [4.78, 5) is 32.6. The lowest BCUT2D eigenvalue weighted by molar-refractivity contribution is -0.139. The van der Waals surface area contributed by atoms with Gasteiger partial charge in [-0.15, -0.1) is 0 Å². The van der Waals surface area contributed by atoms with E-state index in [1.54, 1.807) is 51.9 Å². The molecule has 1 aliphatic rings. The second-order valence-electron chi connectivity index (χ2n) is 8.79. The van der Waals surface area contributed by atoms with Gasteiger partial charge in [0.2, 0.25) is 0 Å². The number of hydrogen-bond donors (Lipinski definition) is 0. The minimum Gasteiger partial charge on any atom is -0.496 e. The third-order valence-corrected chi connectivity index (χ3v) is 7.64. The quantitative estimate of drug-likeness (QED) is 0.327. The molecular weight excluding hydrogens is 516 g/mol. The molecule has 2 heterocycles. The summed E-state index contributed by atoms with van der Waals surface area (Å²) in [6, 6.07) is 16.3. The van der Waals surface area contributed by atoms with Crippen molar-refractivity contribution < 1.29 is 23.7 Å². The molecule has 1 aliphatic heterocycles. The highest BCUT2D eigenvalue weighted by atomic mass is 32.1. The number of rotatable bonds is 7. The highest BCUT2D eigenvalue weighted by Gasteiger charge is 2.36. The van der Waals surface area contributed by atoms with Crippen LogP contribution in [0.15, 0.2) is 75.7 Å². The van der Waals surface area contributed by atoms with E-state index in [1.807, 2.05) is 48.5 Å². The van der Waals surface area contributed by atoms with Gasteiger partial charge in [0.15, 0.2) is 16.3 Å². The van der Waals surface area contributed by atoms with Crippen LogP contribution in [0.3, 0.4) is 0 Å². The van der Waals surface area contributed by atoms with Gasteiger partial charge in [-0.3, -0.25) is 9.36 Å². The average Bonchev–Trinajstić information content (AvgIpc) is 3.25. The Morgan fingerprint density at radius 3 is 2.49 bits per heavy atom. The Morgan fingerprint density at radius 2 is 1.77 bits per heavy atom. The molecule has 0 aliphatic carbocycles. The smallest absolute Gasteiger partial charge is 0.338 e. The van der Waals surface area contributed by atoms with Gasteiger partial charge in [0.25, 0.3) is 5.56 Å². The Hall–Kier alpha value is -4.37. The predicted octanol–water partition coefficient (Wildman–Crippen LogP) is 3.98. The topological polar surface area (TPSA) is 88.4 Å². The minimum atomic E-state index is -0.810. The van der Waals surface area contributed by atoms with Crippen LogP contribution in [0, 0.1) is 0 Å². The van der Waals surface area contributed by atoms with Gasteiger partial charge in [0, 0.05) is 11.1 Å². The van der Waals surface area contributed by atoms with Gasteiger partial charge in [-0.25, -0.2) is 9.79 Å². The minimum absolute atomic E-state index is 0.190. The number of benzene rings is 3. The second-order valence-corrected chi connectivity index (χ2v) is 9.80. The first-order valence-electron chi connectivity index (χ1n) is 12.4.